The summed E-state index contributed by atoms with van der Waals surface area (Å²) in [7, 11) is 1.75. The molecule has 1 atom stereocenters. The summed E-state index contributed by atoms with van der Waals surface area (Å²) >= 11 is 0. The van der Waals surface area contributed by atoms with Crippen LogP contribution in [0.2, 0.25) is 0 Å². The van der Waals surface area contributed by atoms with Crippen molar-refractivity contribution in [3.63, 3.8) is 0 Å². The monoisotopic (exact) mass is 237 g/mol. The van der Waals surface area contributed by atoms with Gasteiger partial charge in [-0.1, -0.05) is 0 Å². The lowest BCUT2D eigenvalue weighted by molar-refractivity contribution is -0.143. The summed E-state index contributed by atoms with van der Waals surface area (Å²) in [6.07, 6.45) is 4.45. The van der Waals surface area contributed by atoms with Crippen LogP contribution in [0.4, 0.5) is 0 Å². The third-order valence-electron chi connectivity index (χ3n) is 3.09. The lowest BCUT2D eigenvalue weighted by Gasteiger charge is -2.30. The van der Waals surface area contributed by atoms with Crippen molar-refractivity contribution in [1.29, 1.82) is 0 Å². The number of carbonyl (C=O) groups is 2. The molecule has 1 saturated heterocycles. The standard InChI is InChI=1S/C11H15N3O3/c1-13-7-12-5-9(13)10(15)14-4-2-3-8(6-14)11(16)17/h5,7-8H,2-4,6H2,1H3,(H,16,17)/t8-/m1/s1. The van der Waals surface area contributed by atoms with Gasteiger partial charge in [-0.15, -0.1) is 0 Å². The molecular weight excluding hydrogens is 222 g/mol. The van der Waals surface area contributed by atoms with Crippen LogP contribution >= 0.6 is 0 Å². The summed E-state index contributed by atoms with van der Waals surface area (Å²) < 4.78 is 1.65. The zero-order chi connectivity index (χ0) is 12.4. The maximum absolute atomic E-state index is 12.1. The quantitative estimate of drug-likeness (QED) is 0.805. The summed E-state index contributed by atoms with van der Waals surface area (Å²) in [6.45, 7) is 0.910. The number of hydrogen-bond acceptors (Lipinski definition) is 3. The number of carbonyl (C=O) groups excluding carboxylic acids is 1. The van der Waals surface area contributed by atoms with E-state index in [0.717, 1.165) is 6.42 Å². The first-order chi connectivity index (χ1) is 8.09. The molecule has 1 N–H and O–H groups in total. The Morgan fingerprint density at radius 2 is 2.29 bits per heavy atom. The zero-order valence-electron chi connectivity index (χ0n) is 9.67. The Kier molecular flexibility index (Phi) is 3.12. The van der Waals surface area contributed by atoms with E-state index in [4.69, 9.17) is 5.11 Å². The lowest BCUT2D eigenvalue weighted by Crippen LogP contribution is -2.42. The van der Waals surface area contributed by atoms with Crippen LogP contribution in [0, 0.1) is 5.92 Å². The van der Waals surface area contributed by atoms with Crippen LogP contribution in [-0.4, -0.2) is 44.5 Å². The fraction of sp³-hybridized carbons (Fsp3) is 0.545. The van der Waals surface area contributed by atoms with Crippen LogP contribution in [0.1, 0.15) is 23.3 Å². The van der Waals surface area contributed by atoms with Crippen LogP contribution in [-0.2, 0) is 11.8 Å². The number of hydrogen-bond donors (Lipinski definition) is 1. The largest absolute Gasteiger partial charge is 0.481 e. The first-order valence-electron chi connectivity index (χ1n) is 5.58. The van der Waals surface area contributed by atoms with Gasteiger partial charge in [0.25, 0.3) is 5.91 Å². The highest BCUT2D eigenvalue weighted by Gasteiger charge is 2.29. The number of aromatic nitrogens is 2. The number of aliphatic carboxylic acids is 1. The first-order valence-corrected chi connectivity index (χ1v) is 5.58. The number of carboxylic acid groups (broad SMARTS) is 1. The predicted molar refractivity (Wildman–Crippen MR) is 59.5 cm³/mol. The Labute approximate surface area is 98.9 Å². The second-order valence-electron chi connectivity index (χ2n) is 4.32. The maximum Gasteiger partial charge on any atom is 0.308 e. The molecule has 0 unspecified atom stereocenters. The van der Waals surface area contributed by atoms with Crippen LogP contribution < -0.4 is 0 Å². The average molecular weight is 237 g/mol. The van der Waals surface area contributed by atoms with E-state index in [1.165, 1.54) is 6.20 Å². The Morgan fingerprint density at radius 3 is 2.88 bits per heavy atom. The summed E-state index contributed by atoms with van der Waals surface area (Å²) in [6, 6.07) is 0. The SMILES string of the molecule is Cn1cncc1C(=O)N1CCC[C@@H](C(=O)O)C1. The fourth-order valence-electron chi connectivity index (χ4n) is 2.09. The van der Waals surface area contributed by atoms with Crippen molar-refractivity contribution in [3.05, 3.63) is 18.2 Å². The molecule has 1 amide bonds. The molecule has 1 aliphatic heterocycles. The molecule has 0 saturated carbocycles. The topological polar surface area (TPSA) is 75.4 Å². The van der Waals surface area contributed by atoms with E-state index >= 15 is 0 Å². The maximum atomic E-state index is 12.1. The van der Waals surface area contributed by atoms with Gasteiger partial charge < -0.3 is 14.6 Å². The zero-order valence-corrected chi connectivity index (χ0v) is 9.67. The number of likely N-dealkylation sites (tertiary alicyclic amines) is 1. The summed E-state index contributed by atoms with van der Waals surface area (Å²) in [5.41, 5.74) is 0.496. The molecule has 2 rings (SSSR count). The molecule has 6 heteroatoms. The number of amides is 1. The van der Waals surface area contributed by atoms with Crippen molar-refractivity contribution >= 4 is 11.9 Å². The molecule has 0 radical (unpaired) electrons. The smallest absolute Gasteiger partial charge is 0.308 e. The molecule has 1 aliphatic rings. The molecule has 1 fully saturated rings. The second kappa shape index (κ2) is 4.57. The van der Waals surface area contributed by atoms with Gasteiger partial charge in [-0.25, -0.2) is 4.98 Å². The van der Waals surface area contributed by atoms with Crippen molar-refractivity contribution < 1.29 is 14.7 Å². The molecule has 2 heterocycles. The van der Waals surface area contributed by atoms with Crippen molar-refractivity contribution in [2.75, 3.05) is 13.1 Å². The van der Waals surface area contributed by atoms with Crippen molar-refractivity contribution in [2.45, 2.75) is 12.8 Å². The molecule has 1 aromatic rings. The first kappa shape index (κ1) is 11.6. The van der Waals surface area contributed by atoms with Gasteiger partial charge in [0, 0.05) is 20.1 Å². The minimum absolute atomic E-state index is 0.143. The van der Waals surface area contributed by atoms with Gasteiger partial charge in [0.05, 0.1) is 18.4 Å². The van der Waals surface area contributed by atoms with Crippen LogP contribution in [0.5, 0.6) is 0 Å². The van der Waals surface area contributed by atoms with Crippen molar-refractivity contribution in [3.8, 4) is 0 Å². The fourth-order valence-corrected chi connectivity index (χ4v) is 2.09. The van der Waals surface area contributed by atoms with E-state index in [2.05, 4.69) is 4.98 Å². The van der Waals surface area contributed by atoms with Gasteiger partial charge in [0.1, 0.15) is 5.69 Å². The lowest BCUT2D eigenvalue weighted by atomic mass is 9.98. The van der Waals surface area contributed by atoms with Gasteiger partial charge in [0.2, 0.25) is 0 Å². The van der Waals surface area contributed by atoms with Gasteiger partial charge in [-0.3, -0.25) is 9.59 Å². The molecule has 17 heavy (non-hydrogen) atoms. The van der Waals surface area contributed by atoms with Crippen molar-refractivity contribution in [2.24, 2.45) is 13.0 Å². The van der Waals surface area contributed by atoms with Gasteiger partial charge in [0.15, 0.2) is 0 Å². The number of aryl methyl sites for hydroxylation is 1. The Bertz CT molecular complexity index is 441. The molecule has 0 bridgehead atoms. The summed E-state index contributed by atoms with van der Waals surface area (Å²) in [5, 5.41) is 8.97. The molecule has 0 aliphatic carbocycles. The van der Waals surface area contributed by atoms with E-state index in [1.807, 2.05) is 0 Å². The number of rotatable bonds is 2. The van der Waals surface area contributed by atoms with E-state index in [1.54, 1.807) is 22.8 Å². The number of carboxylic acids is 1. The van der Waals surface area contributed by atoms with Gasteiger partial charge in [-0.05, 0) is 12.8 Å². The summed E-state index contributed by atoms with van der Waals surface area (Å²) in [5.74, 6) is -1.41. The van der Waals surface area contributed by atoms with Gasteiger partial charge in [-0.2, -0.15) is 0 Å². The molecule has 0 spiro atoms. The third kappa shape index (κ3) is 2.30. The highest BCUT2D eigenvalue weighted by atomic mass is 16.4. The highest BCUT2D eigenvalue weighted by molar-refractivity contribution is 5.92. The van der Waals surface area contributed by atoms with Crippen LogP contribution in [0.25, 0.3) is 0 Å². The molecule has 92 valence electrons. The Balaban J connectivity index is 2.10. The predicted octanol–water partition coefficient (Wildman–Crippen LogP) is 0.357. The number of imidazole rings is 1. The number of nitrogens with zero attached hydrogens (tertiary/aromatic N) is 3. The minimum Gasteiger partial charge on any atom is -0.481 e. The normalized spacial score (nSPS) is 20.3. The number of piperidine rings is 1. The Hall–Kier alpha value is -1.85. The average Bonchev–Trinajstić information content (AvgIpc) is 2.74. The van der Waals surface area contributed by atoms with Crippen molar-refractivity contribution in [1.82, 2.24) is 14.5 Å². The molecule has 6 nitrogen and oxygen atoms in total. The van der Waals surface area contributed by atoms with E-state index in [0.29, 0.717) is 25.2 Å². The van der Waals surface area contributed by atoms with E-state index in [9.17, 15) is 9.59 Å². The highest BCUT2D eigenvalue weighted by Crippen LogP contribution is 2.18. The molecular formula is C11H15N3O3. The van der Waals surface area contributed by atoms with E-state index in [-0.39, 0.29) is 5.91 Å². The van der Waals surface area contributed by atoms with E-state index < -0.39 is 11.9 Å². The minimum atomic E-state index is -0.826. The Morgan fingerprint density at radius 1 is 1.53 bits per heavy atom. The third-order valence-corrected chi connectivity index (χ3v) is 3.09. The molecule has 0 aromatic carbocycles. The second-order valence-corrected chi connectivity index (χ2v) is 4.32. The summed E-state index contributed by atoms with van der Waals surface area (Å²) in [4.78, 5) is 28.5. The van der Waals surface area contributed by atoms with Gasteiger partial charge >= 0.3 is 5.97 Å². The van der Waals surface area contributed by atoms with Crippen LogP contribution in [0.15, 0.2) is 12.5 Å². The van der Waals surface area contributed by atoms with Crippen LogP contribution in [0.3, 0.4) is 0 Å². The molecule has 1 aromatic heterocycles.